The van der Waals surface area contributed by atoms with Gasteiger partial charge in [-0.3, -0.25) is 0 Å². The molecular formula is C26H44O4Si. The summed E-state index contributed by atoms with van der Waals surface area (Å²) in [4.78, 5) is 0. The van der Waals surface area contributed by atoms with Gasteiger partial charge < -0.3 is 19.0 Å². The van der Waals surface area contributed by atoms with Crippen molar-refractivity contribution in [1.29, 1.82) is 0 Å². The Hall–Kier alpha value is -1.32. The van der Waals surface area contributed by atoms with Gasteiger partial charge in [-0.25, -0.2) is 0 Å². The predicted octanol–water partition coefficient (Wildman–Crippen LogP) is 6.33. The second-order valence-corrected chi connectivity index (χ2v) is 14.5. The summed E-state index contributed by atoms with van der Waals surface area (Å²) in [6, 6.07) is 7.91. The smallest absolute Gasteiger partial charge is 0.193 e. The van der Waals surface area contributed by atoms with Crippen LogP contribution in [0.2, 0.25) is 18.1 Å². The van der Waals surface area contributed by atoms with Gasteiger partial charge in [0.15, 0.2) is 8.32 Å². The summed E-state index contributed by atoms with van der Waals surface area (Å²) in [7, 11) is -0.208. The third kappa shape index (κ3) is 11.2. The van der Waals surface area contributed by atoms with Crippen LogP contribution in [0.5, 0.6) is 5.75 Å². The molecule has 0 fully saturated rings. The first-order valence-electron chi connectivity index (χ1n) is 11.7. The minimum atomic E-state index is -1.87. The van der Waals surface area contributed by atoms with Crippen molar-refractivity contribution in [2.24, 2.45) is 0 Å². The van der Waals surface area contributed by atoms with E-state index in [-0.39, 0.29) is 11.1 Å². The van der Waals surface area contributed by atoms with Crippen molar-refractivity contribution in [3.05, 3.63) is 29.8 Å². The maximum Gasteiger partial charge on any atom is 0.193 e. The van der Waals surface area contributed by atoms with Crippen molar-refractivity contribution < 1.29 is 19.0 Å². The molecule has 0 bridgehead atoms. The molecule has 0 saturated heterocycles. The molecule has 1 rings (SSSR count). The number of aliphatic hydroxyl groups excluding tert-OH is 1. The third-order valence-electron chi connectivity index (χ3n) is 5.92. The average molecular weight is 449 g/mol. The van der Waals surface area contributed by atoms with Crippen molar-refractivity contribution in [3.63, 3.8) is 0 Å². The van der Waals surface area contributed by atoms with Crippen LogP contribution < -0.4 is 4.74 Å². The lowest BCUT2D eigenvalue weighted by Gasteiger charge is -2.38. The number of benzene rings is 1. The first kappa shape index (κ1) is 27.7. The SMILES string of the molecule is CCCC[C@H](C#C[C@@H](O)CCCCOCc1ccc(OC)cc1)O[Si](C)(C)C(C)(C)C. The average Bonchev–Trinajstić information content (AvgIpc) is 2.72. The number of ether oxygens (including phenoxy) is 2. The Bertz CT molecular complexity index is 667. The first-order chi connectivity index (χ1) is 14.6. The maximum atomic E-state index is 10.3. The molecule has 1 N–H and O–H groups in total. The van der Waals surface area contributed by atoms with Gasteiger partial charge in [-0.15, -0.1) is 0 Å². The molecule has 0 amide bonds. The zero-order valence-electron chi connectivity index (χ0n) is 20.8. The number of unbranched alkanes of at least 4 members (excludes halogenated alkanes) is 2. The normalized spacial score (nSPS) is 13.9. The number of rotatable bonds is 13. The second-order valence-electron chi connectivity index (χ2n) is 9.71. The maximum absolute atomic E-state index is 10.3. The van der Waals surface area contributed by atoms with E-state index in [0.29, 0.717) is 19.6 Å². The van der Waals surface area contributed by atoms with Gasteiger partial charge in [0.25, 0.3) is 0 Å². The Balaban J connectivity index is 2.37. The van der Waals surface area contributed by atoms with E-state index in [1.165, 1.54) is 0 Å². The van der Waals surface area contributed by atoms with Crippen LogP contribution >= 0.6 is 0 Å². The highest BCUT2D eigenvalue weighted by Gasteiger charge is 2.38. The molecule has 0 saturated carbocycles. The Kier molecular flexibility index (Phi) is 12.5. The fraction of sp³-hybridized carbons (Fsp3) is 0.692. The van der Waals surface area contributed by atoms with Gasteiger partial charge in [-0.05, 0) is 61.5 Å². The molecule has 31 heavy (non-hydrogen) atoms. The minimum absolute atomic E-state index is 0.0803. The quantitative estimate of drug-likeness (QED) is 0.218. The Morgan fingerprint density at radius 3 is 2.26 bits per heavy atom. The van der Waals surface area contributed by atoms with Gasteiger partial charge in [-0.2, -0.15) is 0 Å². The van der Waals surface area contributed by atoms with Crippen LogP contribution in [-0.2, 0) is 15.8 Å². The topological polar surface area (TPSA) is 47.9 Å². The molecule has 0 aliphatic rings. The molecule has 176 valence electrons. The van der Waals surface area contributed by atoms with E-state index in [1.54, 1.807) is 7.11 Å². The Morgan fingerprint density at radius 2 is 1.68 bits per heavy atom. The molecule has 0 heterocycles. The van der Waals surface area contributed by atoms with E-state index in [0.717, 1.165) is 43.4 Å². The third-order valence-corrected chi connectivity index (χ3v) is 10.4. The molecular weight excluding hydrogens is 404 g/mol. The van der Waals surface area contributed by atoms with Crippen LogP contribution in [0.4, 0.5) is 0 Å². The van der Waals surface area contributed by atoms with E-state index in [9.17, 15) is 5.11 Å². The molecule has 2 atom stereocenters. The zero-order valence-corrected chi connectivity index (χ0v) is 21.8. The molecule has 1 aromatic rings. The van der Waals surface area contributed by atoms with Crippen molar-refractivity contribution in [3.8, 4) is 17.6 Å². The predicted molar refractivity (Wildman–Crippen MR) is 132 cm³/mol. The highest BCUT2D eigenvalue weighted by molar-refractivity contribution is 6.74. The van der Waals surface area contributed by atoms with Gasteiger partial charge in [0.1, 0.15) is 18.0 Å². The summed E-state index contributed by atoms with van der Waals surface area (Å²) in [6.45, 7) is 14.7. The van der Waals surface area contributed by atoms with Crippen LogP contribution in [0.3, 0.4) is 0 Å². The standard InChI is InChI=1S/C26H44O4Si/c1-8-9-13-25(30-31(6,7)26(2,3)4)19-16-23(27)12-10-11-20-29-21-22-14-17-24(28-5)18-15-22/h14-15,17-18,23,25,27H,8-13,20-21H2,1-7H3/t23-,25+/m0/s1. The molecule has 0 aliphatic heterocycles. The number of hydrogen-bond donors (Lipinski definition) is 1. The largest absolute Gasteiger partial charge is 0.497 e. The molecule has 4 nitrogen and oxygen atoms in total. The first-order valence-corrected chi connectivity index (χ1v) is 14.6. The molecule has 1 aromatic carbocycles. The van der Waals surface area contributed by atoms with E-state index < -0.39 is 14.4 Å². The summed E-state index contributed by atoms with van der Waals surface area (Å²) >= 11 is 0. The summed E-state index contributed by atoms with van der Waals surface area (Å²) in [5, 5.41) is 10.5. The number of aliphatic hydroxyl groups is 1. The summed E-state index contributed by atoms with van der Waals surface area (Å²) in [5.74, 6) is 7.13. The number of methoxy groups -OCH3 is 1. The minimum Gasteiger partial charge on any atom is -0.497 e. The molecule has 0 aromatic heterocycles. The van der Waals surface area contributed by atoms with Crippen LogP contribution in [0.1, 0.15) is 71.8 Å². The second kappa shape index (κ2) is 14.0. The molecule has 5 heteroatoms. The van der Waals surface area contributed by atoms with E-state index in [1.807, 2.05) is 24.3 Å². The van der Waals surface area contributed by atoms with Crippen LogP contribution in [0.15, 0.2) is 24.3 Å². The summed E-state index contributed by atoms with van der Waals surface area (Å²) < 4.78 is 17.4. The Labute approximate surface area is 191 Å². The van der Waals surface area contributed by atoms with Crippen molar-refractivity contribution in [2.75, 3.05) is 13.7 Å². The monoisotopic (exact) mass is 448 g/mol. The highest BCUT2D eigenvalue weighted by Crippen LogP contribution is 2.37. The van der Waals surface area contributed by atoms with Crippen LogP contribution in [-0.4, -0.2) is 39.3 Å². The lowest BCUT2D eigenvalue weighted by Crippen LogP contribution is -2.43. The van der Waals surface area contributed by atoms with Crippen molar-refractivity contribution in [1.82, 2.24) is 0 Å². The fourth-order valence-corrected chi connectivity index (χ4v) is 4.04. The van der Waals surface area contributed by atoms with Gasteiger partial charge in [-0.1, -0.05) is 64.5 Å². The van der Waals surface area contributed by atoms with Gasteiger partial charge in [0.05, 0.1) is 13.7 Å². The number of hydrogen-bond acceptors (Lipinski definition) is 4. The van der Waals surface area contributed by atoms with Crippen molar-refractivity contribution >= 4 is 8.32 Å². The van der Waals surface area contributed by atoms with Gasteiger partial charge in [0.2, 0.25) is 0 Å². The Morgan fingerprint density at radius 1 is 1.00 bits per heavy atom. The van der Waals surface area contributed by atoms with E-state index in [4.69, 9.17) is 13.9 Å². The zero-order chi connectivity index (χ0) is 23.3. The van der Waals surface area contributed by atoms with Crippen molar-refractivity contribution in [2.45, 2.75) is 103 Å². The highest BCUT2D eigenvalue weighted by atomic mass is 28.4. The molecule has 0 aliphatic carbocycles. The molecule has 0 radical (unpaired) electrons. The lowest BCUT2D eigenvalue weighted by atomic mass is 10.1. The van der Waals surface area contributed by atoms with Gasteiger partial charge >= 0.3 is 0 Å². The lowest BCUT2D eigenvalue weighted by molar-refractivity contribution is 0.113. The fourth-order valence-electron chi connectivity index (χ4n) is 2.80. The van der Waals surface area contributed by atoms with Crippen LogP contribution in [0.25, 0.3) is 0 Å². The summed E-state index contributed by atoms with van der Waals surface area (Å²) in [5.41, 5.74) is 1.13. The molecule has 0 unspecified atom stereocenters. The van der Waals surface area contributed by atoms with E-state index in [2.05, 4.69) is 52.6 Å². The summed E-state index contributed by atoms with van der Waals surface area (Å²) in [6.07, 6.45) is 4.93. The molecule has 0 spiro atoms. The van der Waals surface area contributed by atoms with Crippen LogP contribution in [0, 0.1) is 11.8 Å². The van der Waals surface area contributed by atoms with E-state index >= 15 is 0 Å². The van der Waals surface area contributed by atoms with Gasteiger partial charge in [0, 0.05) is 6.61 Å².